The Bertz CT molecular complexity index is 2150. The normalized spacial score (nSPS) is 20.9. The van der Waals surface area contributed by atoms with Crippen LogP contribution in [0.3, 0.4) is 0 Å². The van der Waals surface area contributed by atoms with E-state index in [-0.39, 0.29) is 24.1 Å². The summed E-state index contributed by atoms with van der Waals surface area (Å²) in [7, 11) is 0. The van der Waals surface area contributed by atoms with Crippen molar-refractivity contribution in [1.29, 1.82) is 0 Å². The number of phenolic OH excluding ortho intramolecular Hbond substituents is 1. The standard InChI is InChI=1S/C47H51N5O4/c53-39-14-16-41-35(30-39)7-4-8-40(33-5-2-1-3-6-33)45(41)34-9-11-37(12-10-34)50-23-20-32(21-24-50)19-22-49-25-27-51(28-26-49)38-13-15-42-36(29-38)31-52(47(42)56)43-17-18-44(54)48-46(43)55/h1-3,5-6,9-16,29-30,32,43,53H,4,7-8,17-28,31H2,(H,48,54,55)/t43-/m0/s1. The van der Waals surface area contributed by atoms with Crippen molar-refractivity contribution < 1.29 is 19.5 Å². The lowest BCUT2D eigenvalue weighted by Gasteiger charge is -2.38. The lowest BCUT2D eigenvalue weighted by molar-refractivity contribution is -0.136. The van der Waals surface area contributed by atoms with Gasteiger partial charge in [-0.1, -0.05) is 48.5 Å². The van der Waals surface area contributed by atoms with Crippen molar-refractivity contribution in [2.24, 2.45) is 5.92 Å². The second kappa shape index (κ2) is 15.6. The number of aryl methyl sites for hydroxylation is 1. The van der Waals surface area contributed by atoms with Crippen LogP contribution in [0.4, 0.5) is 11.4 Å². The van der Waals surface area contributed by atoms with E-state index >= 15 is 0 Å². The van der Waals surface area contributed by atoms with Crippen molar-refractivity contribution in [3.05, 3.63) is 124 Å². The van der Waals surface area contributed by atoms with Crippen LogP contribution in [0.25, 0.3) is 11.1 Å². The van der Waals surface area contributed by atoms with Gasteiger partial charge in [-0.3, -0.25) is 24.6 Å². The van der Waals surface area contributed by atoms with Crippen LogP contribution < -0.4 is 15.1 Å². The molecule has 0 spiro atoms. The zero-order valence-corrected chi connectivity index (χ0v) is 32.1. The Morgan fingerprint density at radius 1 is 0.661 bits per heavy atom. The molecule has 9 nitrogen and oxygen atoms in total. The lowest BCUT2D eigenvalue weighted by atomic mass is 9.87. The highest BCUT2D eigenvalue weighted by Gasteiger charge is 2.39. The fraction of sp³-hybridized carbons (Fsp3) is 0.383. The third-order valence-corrected chi connectivity index (χ3v) is 12.9. The average molecular weight is 750 g/mol. The van der Waals surface area contributed by atoms with Crippen LogP contribution >= 0.6 is 0 Å². The number of amides is 3. The summed E-state index contributed by atoms with van der Waals surface area (Å²) in [5.74, 6) is 0.318. The molecule has 56 heavy (non-hydrogen) atoms. The Balaban J connectivity index is 0.773. The molecule has 3 saturated heterocycles. The molecule has 1 aliphatic carbocycles. The molecule has 9 heteroatoms. The number of piperazine rings is 1. The first-order valence-electron chi connectivity index (χ1n) is 20.6. The van der Waals surface area contributed by atoms with E-state index in [1.165, 1.54) is 58.3 Å². The van der Waals surface area contributed by atoms with Gasteiger partial charge in [-0.25, -0.2) is 0 Å². The Labute approximate surface area is 329 Å². The maximum atomic E-state index is 13.1. The number of hydrogen-bond donors (Lipinski definition) is 2. The number of nitrogens with one attached hydrogen (secondary N) is 1. The van der Waals surface area contributed by atoms with E-state index in [1.54, 1.807) is 4.90 Å². The molecule has 0 saturated carbocycles. The molecule has 4 aromatic rings. The van der Waals surface area contributed by atoms with Crippen LogP contribution in [0.2, 0.25) is 0 Å². The summed E-state index contributed by atoms with van der Waals surface area (Å²) in [6.45, 7) is 7.67. The topological polar surface area (TPSA) is 96.4 Å². The number of rotatable bonds is 8. The van der Waals surface area contributed by atoms with Crippen molar-refractivity contribution in [1.82, 2.24) is 15.1 Å². The van der Waals surface area contributed by atoms with E-state index in [2.05, 4.69) is 86.7 Å². The third-order valence-electron chi connectivity index (χ3n) is 12.9. The highest BCUT2D eigenvalue weighted by atomic mass is 16.3. The predicted octanol–water partition coefficient (Wildman–Crippen LogP) is 6.88. The van der Waals surface area contributed by atoms with E-state index < -0.39 is 6.04 Å². The van der Waals surface area contributed by atoms with Gasteiger partial charge in [-0.05, 0) is 139 Å². The second-order valence-electron chi connectivity index (χ2n) is 16.3. The van der Waals surface area contributed by atoms with Crippen molar-refractivity contribution in [2.75, 3.05) is 55.6 Å². The maximum Gasteiger partial charge on any atom is 0.255 e. The minimum Gasteiger partial charge on any atom is -0.508 e. The molecule has 4 aliphatic heterocycles. The number of anilines is 2. The fourth-order valence-corrected chi connectivity index (χ4v) is 9.70. The zero-order chi connectivity index (χ0) is 38.2. The fourth-order valence-electron chi connectivity index (χ4n) is 9.70. The Kier molecular flexibility index (Phi) is 10.1. The molecule has 0 bridgehead atoms. The molecular weight excluding hydrogens is 699 g/mol. The second-order valence-corrected chi connectivity index (χ2v) is 16.3. The van der Waals surface area contributed by atoms with Crippen LogP contribution in [0.1, 0.15) is 83.1 Å². The summed E-state index contributed by atoms with van der Waals surface area (Å²) >= 11 is 0. The van der Waals surface area contributed by atoms with Gasteiger partial charge in [0.15, 0.2) is 0 Å². The summed E-state index contributed by atoms with van der Waals surface area (Å²) in [6, 6.07) is 31.4. The first kappa shape index (κ1) is 36.2. The Hall–Kier alpha value is -5.41. The molecule has 5 aliphatic rings. The molecule has 4 aromatic carbocycles. The number of aromatic hydroxyl groups is 1. The molecule has 0 unspecified atom stereocenters. The van der Waals surface area contributed by atoms with Crippen molar-refractivity contribution >= 4 is 40.2 Å². The zero-order valence-electron chi connectivity index (χ0n) is 32.1. The summed E-state index contributed by atoms with van der Waals surface area (Å²) < 4.78 is 0. The summed E-state index contributed by atoms with van der Waals surface area (Å²) in [5, 5.41) is 12.7. The number of carbonyl (C=O) groups excluding carboxylic acids is 3. The molecule has 3 amide bonds. The summed E-state index contributed by atoms with van der Waals surface area (Å²) in [4.78, 5) is 46.4. The highest BCUT2D eigenvalue weighted by molar-refractivity contribution is 6.05. The van der Waals surface area contributed by atoms with Gasteiger partial charge >= 0.3 is 0 Å². The molecule has 3 fully saturated rings. The van der Waals surface area contributed by atoms with Crippen LogP contribution in [0.5, 0.6) is 5.75 Å². The smallest absolute Gasteiger partial charge is 0.255 e. The summed E-state index contributed by atoms with van der Waals surface area (Å²) in [5.41, 5.74) is 11.7. The van der Waals surface area contributed by atoms with Gasteiger partial charge in [-0.2, -0.15) is 0 Å². The SMILES string of the molecule is O=C1CC[C@H](N2Cc3cc(N4CCN(CCC5CCN(c6ccc(C7=C(c8ccccc8)CCCc8cc(O)ccc87)cc6)CC5)CC4)ccc3C2=O)C(=O)N1. The minimum absolute atomic E-state index is 0.121. The first-order valence-corrected chi connectivity index (χ1v) is 20.6. The Morgan fingerprint density at radius 2 is 1.39 bits per heavy atom. The number of piperidine rings is 2. The number of carbonyl (C=O) groups is 3. The molecule has 0 aromatic heterocycles. The number of fused-ring (bicyclic) bond motifs is 2. The van der Waals surface area contributed by atoms with Crippen molar-refractivity contribution in [3.63, 3.8) is 0 Å². The van der Waals surface area contributed by atoms with Gasteiger partial charge in [-0.15, -0.1) is 0 Å². The van der Waals surface area contributed by atoms with Gasteiger partial charge in [0.2, 0.25) is 11.8 Å². The largest absolute Gasteiger partial charge is 0.508 e. The van der Waals surface area contributed by atoms with E-state index in [0.717, 1.165) is 82.2 Å². The van der Waals surface area contributed by atoms with E-state index in [1.807, 2.05) is 24.3 Å². The maximum absolute atomic E-state index is 13.1. The minimum atomic E-state index is -0.585. The van der Waals surface area contributed by atoms with Crippen molar-refractivity contribution in [2.45, 2.75) is 64.0 Å². The molecule has 1 atom stereocenters. The van der Waals surface area contributed by atoms with Gasteiger partial charge in [0.05, 0.1) is 0 Å². The third kappa shape index (κ3) is 7.32. The monoisotopic (exact) mass is 749 g/mol. The van der Waals surface area contributed by atoms with Crippen LogP contribution in [-0.2, 0) is 22.6 Å². The van der Waals surface area contributed by atoms with Gasteiger partial charge in [0, 0.05) is 69.2 Å². The molecule has 9 rings (SSSR count). The number of imide groups is 1. The van der Waals surface area contributed by atoms with E-state index in [4.69, 9.17) is 0 Å². The van der Waals surface area contributed by atoms with Crippen LogP contribution in [-0.4, -0.2) is 84.5 Å². The molecule has 0 radical (unpaired) electrons. The van der Waals surface area contributed by atoms with E-state index in [0.29, 0.717) is 24.3 Å². The number of benzene rings is 4. The molecule has 4 heterocycles. The average Bonchev–Trinajstić information content (AvgIpc) is 3.43. The summed E-state index contributed by atoms with van der Waals surface area (Å²) in [6.07, 6.45) is 7.33. The van der Waals surface area contributed by atoms with Gasteiger partial charge in [0.1, 0.15) is 11.8 Å². The number of allylic oxidation sites excluding steroid dienone is 1. The van der Waals surface area contributed by atoms with E-state index in [9.17, 15) is 19.5 Å². The lowest BCUT2D eigenvalue weighted by Crippen LogP contribution is -2.52. The number of hydrogen-bond acceptors (Lipinski definition) is 7. The van der Waals surface area contributed by atoms with Crippen LogP contribution in [0, 0.1) is 5.92 Å². The first-order chi connectivity index (χ1) is 27.4. The predicted molar refractivity (Wildman–Crippen MR) is 221 cm³/mol. The number of phenols is 1. The van der Waals surface area contributed by atoms with Crippen LogP contribution in [0.15, 0.2) is 91.0 Å². The van der Waals surface area contributed by atoms with Gasteiger partial charge in [0.25, 0.3) is 5.91 Å². The quantitative estimate of drug-likeness (QED) is 0.190. The number of nitrogens with zero attached hydrogens (tertiary/aromatic N) is 4. The highest BCUT2D eigenvalue weighted by Crippen LogP contribution is 2.41. The molecule has 2 N–H and O–H groups in total. The van der Waals surface area contributed by atoms with Crippen molar-refractivity contribution in [3.8, 4) is 5.75 Å². The molecular formula is C47H51N5O4. The Morgan fingerprint density at radius 3 is 2.16 bits per heavy atom. The van der Waals surface area contributed by atoms with Gasteiger partial charge < -0.3 is 19.8 Å². The molecule has 288 valence electrons.